The van der Waals surface area contributed by atoms with Gasteiger partial charge in [-0.1, -0.05) is 18.2 Å². The molecule has 0 radical (unpaired) electrons. The van der Waals surface area contributed by atoms with Crippen LogP contribution in [0, 0.1) is 0 Å². The van der Waals surface area contributed by atoms with Crippen molar-refractivity contribution < 1.29 is 14.2 Å². The first-order valence-corrected chi connectivity index (χ1v) is 5.54. The summed E-state index contributed by atoms with van der Waals surface area (Å²) in [6, 6.07) is 15.2. The molecule has 0 unspecified atom stereocenters. The van der Waals surface area contributed by atoms with Gasteiger partial charge in [-0.05, 0) is 24.3 Å². The van der Waals surface area contributed by atoms with Gasteiger partial charge in [-0.25, -0.2) is 0 Å². The van der Waals surface area contributed by atoms with E-state index in [1.807, 2.05) is 48.5 Å². The molecule has 1 aliphatic rings. The Morgan fingerprint density at radius 1 is 0.765 bits per heavy atom. The average molecular weight is 228 g/mol. The summed E-state index contributed by atoms with van der Waals surface area (Å²) in [5.74, 6) is 3.07. The van der Waals surface area contributed by atoms with Gasteiger partial charge >= 0.3 is 0 Å². The second-order valence-electron chi connectivity index (χ2n) is 3.72. The topological polar surface area (TPSA) is 27.7 Å². The van der Waals surface area contributed by atoms with Gasteiger partial charge < -0.3 is 14.2 Å². The molecule has 1 aliphatic heterocycles. The first-order valence-electron chi connectivity index (χ1n) is 5.54. The van der Waals surface area contributed by atoms with E-state index in [1.165, 1.54) is 0 Å². The summed E-state index contributed by atoms with van der Waals surface area (Å²) >= 11 is 0. The van der Waals surface area contributed by atoms with Gasteiger partial charge in [0.2, 0.25) is 0 Å². The van der Waals surface area contributed by atoms with Crippen molar-refractivity contribution in [1.29, 1.82) is 0 Å². The fourth-order valence-electron chi connectivity index (χ4n) is 1.71. The maximum Gasteiger partial charge on any atom is 0.165 e. The van der Waals surface area contributed by atoms with Crippen molar-refractivity contribution in [3.8, 4) is 23.0 Å². The zero-order valence-electron chi connectivity index (χ0n) is 9.26. The third-order valence-electron chi connectivity index (χ3n) is 2.49. The Bertz CT molecular complexity index is 508. The van der Waals surface area contributed by atoms with Crippen LogP contribution in [0.4, 0.5) is 0 Å². The van der Waals surface area contributed by atoms with Crippen LogP contribution in [0.2, 0.25) is 0 Å². The maximum absolute atomic E-state index is 5.71. The summed E-state index contributed by atoms with van der Waals surface area (Å²) in [4.78, 5) is 0. The smallest absolute Gasteiger partial charge is 0.165 e. The second kappa shape index (κ2) is 4.37. The minimum atomic E-state index is 0.585. The molecule has 0 fully saturated rings. The predicted molar refractivity (Wildman–Crippen MR) is 63.9 cm³/mol. The molecule has 3 heteroatoms. The molecule has 1 heterocycles. The molecular formula is C14H12O3. The fourth-order valence-corrected chi connectivity index (χ4v) is 1.71. The Kier molecular flexibility index (Phi) is 2.58. The van der Waals surface area contributed by atoms with Crippen molar-refractivity contribution in [3.63, 3.8) is 0 Å². The summed E-state index contributed by atoms with van der Waals surface area (Å²) in [7, 11) is 0. The molecule has 0 spiro atoms. The molecule has 2 aromatic rings. The van der Waals surface area contributed by atoms with Crippen LogP contribution < -0.4 is 14.2 Å². The molecule has 0 N–H and O–H groups in total. The summed E-state index contributed by atoms with van der Waals surface area (Å²) in [6.07, 6.45) is 0. The van der Waals surface area contributed by atoms with E-state index in [-0.39, 0.29) is 0 Å². The Balaban J connectivity index is 1.84. The van der Waals surface area contributed by atoms with E-state index in [1.54, 1.807) is 0 Å². The highest BCUT2D eigenvalue weighted by Gasteiger charge is 2.12. The van der Waals surface area contributed by atoms with Gasteiger partial charge in [-0.3, -0.25) is 0 Å². The fraction of sp³-hybridized carbons (Fsp3) is 0.143. The van der Waals surface area contributed by atoms with E-state index < -0.39 is 0 Å². The van der Waals surface area contributed by atoms with Crippen molar-refractivity contribution in [2.75, 3.05) is 13.2 Å². The molecule has 0 aromatic heterocycles. The highest BCUT2D eigenvalue weighted by Crippen LogP contribution is 2.35. The SMILES string of the molecule is c1ccc(Oc2ccc3c(c2)OCCO3)cc1. The molecule has 0 amide bonds. The Morgan fingerprint density at radius 2 is 1.53 bits per heavy atom. The average Bonchev–Trinajstić information content (AvgIpc) is 2.40. The molecule has 0 bridgehead atoms. The first-order chi connectivity index (χ1) is 8.42. The maximum atomic E-state index is 5.71. The minimum Gasteiger partial charge on any atom is -0.486 e. The zero-order chi connectivity index (χ0) is 11.5. The van der Waals surface area contributed by atoms with Crippen molar-refractivity contribution in [2.45, 2.75) is 0 Å². The summed E-state index contributed by atoms with van der Waals surface area (Å²) < 4.78 is 16.7. The lowest BCUT2D eigenvalue weighted by Gasteiger charge is -2.18. The van der Waals surface area contributed by atoms with Gasteiger partial charge in [0.1, 0.15) is 24.7 Å². The Hall–Kier alpha value is -2.16. The van der Waals surface area contributed by atoms with Crippen molar-refractivity contribution in [3.05, 3.63) is 48.5 Å². The summed E-state index contributed by atoms with van der Waals surface area (Å²) in [5, 5.41) is 0. The van der Waals surface area contributed by atoms with Gasteiger partial charge in [0.15, 0.2) is 11.5 Å². The number of benzene rings is 2. The normalized spacial score (nSPS) is 13.2. The van der Waals surface area contributed by atoms with Crippen LogP contribution in [0.15, 0.2) is 48.5 Å². The highest BCUT2D eigenvalue weighted by atomic mass is 16.6. The first kappa shape index (κ1) is 10.0. The van der Waals surface area contributed by atoms with E-state index in [2.05, 4.69) is 0 Å². The van der Waals surface area contributed by atoms with Crippen LogP contribution in [0.1, 0.15) is 0 Å². The van der Waals surface area contributed by atoms with Gasteiger partial charge in [-0.15, -0.1) is 0 Å². The van der Waals surface area contributed by atoms with E-state index in [4.69, 9.17) is 14.2 Å². The lowest BCUT2D eigenvalue weighted by atomic mass is 10.3. The van der Waals surface area contributed by atoms with Crippen molar-refractivity contribution >= 4 is 0 Å². The number of rotatable bonds is 2. The number of ether oxygens (including phenoxy) is 3. The van der Waals surface area contributed by atoms with E-state index in [0.29, 0.717) is 13.2 Å². The van der Waals surface area contributed by atoms with Crippen LogP contribution in [0.3, 0.4) is 0 Å². The van der Waals surface area contributed by atoms with E-state index in [9.17, 15) is 0 Å². The van der Waals surface area contributed by atoms with Crippen molar-refractivity contribution in [2.24, 2.45) is 0 Å². The lowest BCUT2D eigenvalue weighted by Crippen LogP contribution is -2.15. The number of para-hydroxylation sites is 1. The molecule has 17 heavy (non-hydrogen) atoms. The third kappa shape index (κ3) is 2.18. The monoisotopic (exact) mass is 228 g/mol. The number of hydrogen-bond donors (Lipinski definition) is 0. The standard InChI is InChI=1S/C14H12O3/c1-2-4-11(5-3-1)17-12-6-7-13-14(10-12)16-9-8-15-13/h1-7,10H,8-9H2. The minimum absolute atomic E-state index is 0.585. The van der Waals surface area contributed by atoms with Crippen molar-refractivity contribution in [1.82, 2.24) is 0 Å². The quantitative estimate of drug-likeness (QED) is 0.789. The molecule has 0 saturated heterocycles. The van der Waals surface area contributed by atoms with Gasteiger partial charge in [0.05, 0.1) is 0 Å². The molecule has 0 aliphatic carbocycles. The molecule has 2 aromatic carbocycles. The van der Waals surface area contributed by atoms with Gasteiger partial charge in [0, 0.05) is 6.07 Å². The Labute approximate surface area is 99.6 Å². The van der Waals surface area contributed by atoms with E-state index in [0.717, 1.165) is 23.0 Å². The van der Waals surface area contributed by atoms with Crippen LogP contribution in [0.25, 0.3) is 0 Å². The second-order valence-corrected chi connectivity index (χ2v) is 3.72. The largest absolute Gasteiger partial charge is 0.486 e. The molecule has 86 valence electrons. The predicted octanol–water partition coefficient (Wildman–Crippen LogP) is 3.25. The van der Waals surface area contributed by atoms with E-state index >= 15 is 0 Å². The van der Waals surface area contributed by atoms with Crippen LogP contribution in [-0.2, 0) is 0 Å². The number of hydrogen-bond acceptors (Lipinski definition) is 3. The summed E-state index contributed by atoms with van der Waals surface area (Å²) in [6.45, 7) is 1.19. The molecule has 3 rings (SSSR count). The van der Waals surface area contributed by atoms with Gasteiger partial charge in [-0.2, -0.15) is 0 Å². The van der Waals surface area contributed by atoms with Crippen LogP contribution >= 0.6 is 0 Å². The van der Waals surface area contributed by atoms with Gasteiger partial charge in [0.25, 0.3) is 0 Å². The highest BCUT2D eigenvalue weighted by molar-refractivity contribution is 5.47. The molecular weight excluding hydrogens is 216 g/mol. The zero-order valence-corrected chi connectivity index (χ0v) is 9.26. The molecule has 0 saturated carbocycles. The number of fused-ring (bicyclic) bond motifs is 1. The van der Waals surface area contributed by atoms with Crippen LogP contribution in [-0.4, -0.2) is 13.2 Å². The lowest BCUT2D eigenvalue weighted by molar-refractivity contribution is 0.171. The third-order valence-corrected chi connectivity index (χ3v) is 2.49. The Morgan fingerprint density at radius 3 is 2.35 bits per heavy atom. The molecule has 3 nitrogen and oxygen atoms in total. The molecule has 0 atom stereocenters. The van der Waals surface area contributed by atoms with Crippen LogP contribution in [0.5, 0.6) is 23.0 Å². The summed E-state index contributed by atoms with van der Waals surface area (Å²) in [5.41, 5.74) is 0.